The molecule has 124 valence electrons. The molecule has 1 rings (SSSR count). The van der Waals surface area contributed by atoms with Crippen LogP contribution in [0.25, 0.3) is 0 Å². The van der Waals surface area contributed by atoms with Crippen LogP contribution in [-0.2, 0) is 9.53 Å². The maximum atomic E-state index is 13.7. The fraction of sp³-hybridized carbons (Fsp3) is 0.533. The average Bonchev–Trinajstić information content (AvgIpc) is 2.38. The SMILES string of the molecule is CC(C)(C)OC(=O)CCC(CN)c1c(F)c(F)cc(F)c1F. The second kappa shape index (κ2) is 7.09. The van der Waals surface area contributed by atoms with Crippen molar-refractivity contribution in [3.05, 3.63) is 34.9 Å². The zero-order valence-corrected chi connectivity index (χ0v) is 12.7. The van der Waals surface area contributed by atoms with Crippen molar-refractivity contribution in [1.29, 1.82) is 0 Å². The molecule has 0 aromatic heterocycles. The molecule has 22 heavy (non-hydrogen) atoms. The predicted molar refractivity (Wildman–Crippen MR) is 73.1 cm³/mol. The summed E-state index contributed by atoms with van der Waals surface area (Å²) >= 11 is 0. The highest BCUT2D eigenvalue weighted by molar-refractivity contribution is 5.69. The van der Waals surface area contributed by atoms with Crippen LogP contribution in [0.4, 0.5) is 17.6 Å². The molecule has 1 aromatic rings. The smallest absolute Gasteiger partial charge is 0.306 e. The number of rotatable bonds is 5. The summed E-state index contributed by atoms with van der Waals surface area (Å²) in [7, 11) is 0. The van der Waals surface area contributed by atoms with E-state index in [0.29, 0.717) is 0 Å². The van der Waals surface area contributed by atoms with Gasteiger partial charge in [0.25, 0.3) is 0 Å². The van der Waals surface area contributed by atoms with Crippen LogP contribution in [0.1, 0.15) is 45.1 Å². The maximum Gasteiger partial charge on any atom is 0.306 e. The Morgan fingerprint density at radius 3 is 2.09 bits per heavy atom. The first-order chi connectivity index (χ1) is 10.1. The van der Waals surface area contributed by atoms with Gasteiger partial charge in [0.05, 0.1) is 0 Å². The second-order valence-electron chi connectivity index (χ2n) is 5.94. The summed E-state index contributed by atoms with van der Waals surface area (Å²) in [4.78, 5) is 11.6. The fourth-order valence-corrected chi connectivity index (χ4v) is 2.01. The lowest BCUT2D eigenvalue weighted by Crippen LogP contribution is -2.25. The van der Waals surface area contributed by atoms with Crippen molar-refractivity contribution in [3.8, 4) is 0 Å². The third-order valence-corrected chi connectivity index (χ3v) is 2.96. The highest BCUT2D eigenvalue weighted by atomic mass is 19.2. The van der Waals surface area contributed by atoms with Crippen LogP contribution in [-0.4, -0.2) is 18.1 Å². The van der Waals surface area contributed by atoms with Crippen LogP contribution >= 0.6 is 0 Å². The lowest BCUT2D eigenvalue weighted by atomic mass is 9.93. The number of hydrogen-bond donors (Lipinski definition) is 1. The molecule has 0 aliphatic rings. The van der Waals surface area contributed by atoms with E-state index in [9.17, 15) is 22.4 Å². The molecule has 7 heteroatoms. The minimum atomic E-state index is -1.50. The Labute approximate surface area is 126 Å². The van der Waals surface area contributed by atoms with Gasteiger partial charge in [0.1, 0.15) is 5.60 Å². The van der Waals surface area contributed by atoms with Crippen molar-refractivity contribution in [1.82, 2.24) is 0 Å². The van der Waals surface area contributed by atoms with E-state index in [1.54, 1.807) is 20.8 Å². The van der Waals surface area contributed by atoms with Gasteiger partial charge in [-0.1, -0.05) is 0 Å². The summed E-state index contributed by atoms with van der Waals surface area (Å²) in [5, 5.41) is 0. The van der Waals surface area contributed by atoms with E-state index in [0.717, 1.165) is 0 Å². The Hall–Kier alpha value is -1.63. The molecule has 1 aromatic carbocycles. The van der Waals surface area contributed by atoms with Crippen LogP contribution in [0.5, 0.6) is 0 Å². The van der Waals surface area contributed by atoms with Gasteiger partial charge in [-0.3, -0.25) is 4.79 Å². The summed E-state index contributed by atoms with van der Waals surface area (Å²) in [6, 6.07) is 0.135. The Balaban J connectivity index is 2.92. The van der Waals surface area contributed by atoms with Crippen LogP contribution in [0.2, 0.25) is 0 Å². The van der Waals surface area contributed by atoms with Crippen LogP contribution in [0.15, 0.2) is 6.07 Å². The summed E-state index contributed by atoms with van der Waals surface area (Å²) in [6.07, 6.45) is -0.252. The van der Waals surface area contributed by atoms with Crippen molar-refractivity contribution >= 4 is 5.97 Å². The molecule has 0 aliphatic carbocycles. The van der Waals surface area contributed by atoms with E-state index in [1.807, 2.05) is 0 Å². The monoisotopic (exact) mass is 321 g/mol. The maximum absolute atomic E-state index is 13.7. The van der Waals surface area contributed by atoms with Crippen LogP contribution in [0, 0.1) is 23.3 Å². The molecule has 1 unspecified atom stereocenters. The lowest BCUT2D eigenvalue weighted by molar-refractivity contribution is -0.155. The first-order valence-corrected chi connectivity index (χ1v) is 6.81. The summed E-state index contributed by atoms with van der Waals surface area (Å²) in [5.41, 5.74) is 3.95. The van der Waals surface area contributed by atoms with Crippen molar-refractivity contribution in [2.75, 3.05) is 6.54 Å². The molecular weight excluding hydrogens is 302 g/mol. The largest absolute Gasteiger partial charge is 0.460 e. The van der Waals surface area contributed by atoms with E-state index in [-0.39, 0.29) is 25.5 Å². The average molecular weight is 321 g/mol. The highest BCUT2D eigenvalue weighted by Crippen LogP contribution is 2.29. The van der Waals surface area contributed by atoms with Gasteiger partial charge in [-0.25, -0.2) is 17.6 Å². The lowest BCUT2D eigenvalue weighted by Gasteiger charge is -2.21. The van der Waals surface area contributed by atoms with Gasteiger partial charge >= 0.3 is 5.97 Å². The second-order valence-corrected chi connectivity index (χ2v) is 5.94. The molecule has 2 N–H and O–H groups in total. The topological polar surface area (TPSA) is 52.3 Å². The molecule has 3 nitrogen and oxygen atoms in total. The fourth-order valence-electron chi connectivity index (χ4n) is 2.01. The minimum Gasteiger partial charge on any atom is -0.460 e. The number of hydrogen-bond acceptors (Lipinski definition) is 3. The number of benzene rings is 1. The first kappa shape index (κ1) is 18.4. The quantitative estimate of drug-likeness (QED) is 0.514. The Bertz CT molecular complexity index is 529. The van der Waals surface area contributed by atoms with Gasteiger partial charge in [0.15, 0.2) is 23.3 Å². The molecule has 0 radical (unpaired) electrons. The van der Waals surface area contributed by atoms with E-state index >= 15 is 0 Å². The van der Waals surface area contributed by atoms with Gasteiger partial charge in [-0.15, -0.1) is 0 Å². The molecule has 1 atom stereocenters. The molecule has 0 aliphatic heterocycles. The molecule has 0 heterocycles. The van der Waals surface area contributed by atoms with Gasteiger partial charge < -0.3 is 10.5 Å². The number of nitrogens with two attached hydrogens (primary N) is 1. The van der Waals surface area contributed by atoms with E-state index in [4.69, 9.17) is 10.5 Å². The van der Waals surface area contributed by atoms with Gasteiger partial charge in [-0.2, -0.15) is 0 Å². The molecule has 0 saturated heterocycles. The zero-order chi connectivity index (χ0) is 17.1. The highest BCUT2D eigenvalue weighted by Gasteiger charge is 2.26. The third kappa shape index (κ3) is 4.69. The first-order valence-electron chi connectivity index (χ1n) is 6.81. The minimum absolute atomic E-state index is 0.0812. The summed E-state index contributed by atoms with van der Waals surface area (Å²) < 4.78 is 59.0. The van der Waals surface area contributed by atoms with Gasteiger partial charge in [-0.05, 0) is 33.7 Å². The third-order valence-electron chi connectivity index (χ3n) is 2.96. The Morgan fingerprint density at radius 1 is 1.18 bits per heavy atom. The number of halogens is 4. The van der Waals surface area contributed by atoms with Crippen LogP contribution < -0.4 is 5.73 Å². The summed E-state index contributed by atoms with van der Waals surface area (Å²) in [5.74, 6) is -7.58. The van der Waals surface area contributed by atoms with E-state index in [2.05, 4.69) is 0 Å². The molecule has 0 amide bonds. The molecule has 0 spiro atoms. The number of carbonyl (C=O) groups is 1. The molecule has 0 fully saturated rings. The standard InChI is InChI=1S/C15H19F4NO2/c1-15(2,3)22-11(21)5-4-8(7-20)12-13(18)9(16)6-10(17)14(12)19/h6,8H,4-5,7,20H2,1-3H3. The van der Waals surface area contributed by atoms with Crippen LogP contribution in [0.3, 0.4) is 0 Å². The zero-order valence-electron chi connectivity index (χ0n) is 12.7. The Kier molecular flexibility index (Phi) is 5.93. The van der Waals surface area contributed by atoms with Crippen molar-refractivity contribution in [2.45, 2.75) is 45.1 Å². The van der Waals surface area contributed by atoms with Gasteiger partial charge in [0.2, 0.25) is 0 Å². The summed E-state index contributed by atoms with van der Waals surface area (Å²) in [6.45, 7) is 4.76. The molecular formula is C15H19F4NO2. The van der Waals surface area contributed by atoms with Crippen molar-refractivity contribution in [3.63, 3.8) is 0 Å². The number of esters is 1. The molecule has 0 saturated carbocycles. The van der Waals surface area contributed by atoms with E-state index in [1.165, 1.54) is 0 Å². The number of carbonyl (C=O) groups excluding carboxylic acids is 1. The van der Waals surface area contributed by atoms with Gasteiger partial charge in [0, 0.05) is 24.0 Å². The number of ether oxygens (including phenoxy) is 1. The normalized spacial score (nSPS) is 13.1. The van der Waals surface area contributed by atoms with Crippen molar-refractivity contribution < 1.29 is 27.1 Å². The van der Waals surface area contributed by atoms with Crippen molar-refractivity contribution in [2.24, 2.45) is 5.73 Å². The Morgan fingerprint density at radius 2 is 1.68 bits per heavy atom. The molecule has 0 bridgehead atoms. The van der Waals surface area contributed by atoms with E-state index < -0.39 is 46.3 Å². The predicted octanol–water partition coefficient (Wildman–Crippen LogP) is 3.41.